The molecule has 1 aliphatic rings. The van der Waals surface area contributed by atoms with Crippen LogP contribution in [0, 0.1) is 0 Å². The lowest BCUT2D eigenvalue weighted by atomic mass is 10.0. The molecule has 178 valence electrons. The Bertz CT molecular complexity index is 1540. The molecule has 1 unspecified atom stereocenters. The standard InChI is InChI=1S/C27H27N5OS2/c1-2-3-16-34-27-29-28-26-31(20-12-8-5-9-13-20)24(33)23-21-14-15-30(17-19-10-6-4-7-11-19)18-22(21)35-25(23)32(26)27/h4-13H,2-3,14-18H2,1H3/p+1. The highest BCUT2D eigenvalue weighted by atomic mass is 32.2. The number of fused-ring (bicyclic) bond motifs is 5. The van der Waals surface area contributed by atoms with E-state index in [0.29, 0.717) is 5.78 Å². The summed E-state index contributed by atoms with van der Waals surface area (Å²) in [5, 5.41) is 10.8. The fourth-order valence-corrected chi connectivity index (χ4v) is 7.42. The predicted molar refractivity (Wildman–Crippen MR) is 143 cm³/mol. The molecule has 1 N–H and O–H groups in total. The summed E-state index contributed by atoms with van der Waals surface area (Å²) < 4.78 is 3.87. The van der Waals surface area contributed by atoms with Crippen molar-refractivity contribution in [2.45, 2.75) is 44.4 Å². The molecule has 0 saturated carbocycles. The number of unbranched alkanes of at least 4 members (excludes halogenated alkanes) is 1. The molecule has 0 amide bonds. The molecule has 1 atom stereocenters. The number of hydrogen-bond donors (Lipinski definition) is 1. The van der Waals surface area contributed by atoms with Gasteiger partial charge in [-0.05, 0) is 24.1 Å². The highest BCUT2D eigenvalue weighted by molar-refractivity contribution is 7.99. The molecule has 0 aliphatic carbocycles. The van der Waals surface area contributed by atoms with E-state index in [0.717, 1.165) is 65.7 Å². The number of thiophene rings is 1. The molecule has 6 nitrogen and oxygen atoms in total. The second-order valence-electron chi connectivity index (χ2n) is 9.07. The van der Waals surface area contributed by atoms with Crippen LogP contribution in [0.5, 0.6) is 0 Å². The van der Waals surface area contributed by atoms with Crippen LogP contribution in [0.1, 0.15) is 35.8 Å². The summed E-state index contributed by atoms with van der Waals surface area (Å²) in [7, 11) is 0. The molecular formula is C27H28N5OS2+. The number of nitrogens with one attached hydrogen (secondary N) is 1. The third-order valence-corrected chi connectivity index (χ3v) is 8.92. The van der Waals surface area contributed by atoms with Gasteiger partial charge in [0, 0.05) is 17.7 Å². The summed E-state index contributed by atoms with van der Waals surface area (Å²) in [4.78, 5) is 17.8. The molecule has 4 heterocycles. The lowest BCUT2D eigenvalue weighted by molar-refractivity contribution is -0.929. The lowest BCUT2D eigenvalue weighted by Crippen LogP contribution is -3.10. The van der Waals surface area contributed by atoms with Crippen molar-refractivity contribution in [3.63, 3.8) is 0 Å². The summed E-state index contributed by atoms with van der Waals surface area (Å²) >= 11 is 3.48. The van der Waals surface area contributed by atoms with Crippen molar-refractivity contribution in [1.82, 2.24) is 19.2 Å². The van der Waals surface area contributed by atoms with Crippen molar-refractivity contribution in [3.8, 4) is 5.69 Å². The molecule has 6 rings (SSSR count). The van der Waals surface area contributed by atoms with Crippen LogP contribution >= 0.6 is 23.1 Å². The molecule has 1 aliphatic heterocycles. The van der Waals surface area contributed by atoms with E-state index in [1.165, 1.54) is 20.9 Å². The zero-order valence-electron chi connectivity index (χ0n) is 19.7. The Morgan fingerprint density at radius 1 is 1.06 bits per heavy atom. The van der Waals surface area contributed by atoms with E-state index in [-0.39, 0.29) is 5.56 Å². The van der Waals surface area contributed by atoms with E-state index in [9.17, 15) is 4.79 Å². The Morgan fingerprint density at radius 2 is 1.83 bits per heavy atom. The van der Waals surface area contributed by atoms with E-state index in [1.807, 2.05) is 30.3 Å². The van der Waals surface area contributed by atoms with E-state index in [1.54, 1.807) is 27.7 Å². The molecule has 0 bridgehead atoms. The third kappa shape index (κ3) is 4.09. The number of nitrogens with zero attached hydrogens (tertiary/aromatic N) is 4. The first-order chi connectivity index (χ1) is 17.2. The maximum absolute atomic E-state index is 14.0. The van der Waals surface area contributed by atoms with Gasteiger partial charge in [-0.25, -0.2) is 8.97 Å². The van der Waals surface area contributed by atoms with Crippen LogP contribution in [0.2, 0.25) is 0 Å². The van der Waals surface area contributed by atoms with E-state index in [2.05, 4.69) is 51.9 Å². The molecule has 8 heteroatoms. The van der Waals surface area contributed by atoms with Crippen molar-refractivity contribution in [3.05, 3.63) is 87.0 Å². The van der Waals surface area contributed by atoms with Crippen molar-refractivity contribution >= 4 is 39.1 Å². The number of thioether (sulfide) groups is 1. The Hall–Kier alpha value is -2.94. The molecule has 0 fully saturated rings. The fourth-order valence-electron chi connectivity index (χ4n) is 4.93. The Labute approximate surface area is 212 Å². The van der Waals surface area contributed by atoms with Gasteiger partial charge in [0.15, 0.2) is 5.16 Å². The van der Waals surface area contributed by atoms with Crippen molar-refractivity contribution in [2.24, 2.45) is 0 Å². The largest absolute Gasteiger partial charge is 0.326 e. The van der Waals surface area contributed by atoms with Crippen LogP contribution in [0.4, 0.5) is 0 Å². The molecule has 0 saturated heterocycles. The number of quaternary nitrogens is 1. The number of hydrogen-bond acceptors (Lipinski definition) is 5. The summed E-state index contributed by atoms with van der Waals surface area (Å²) in [6.07, 6.45) is 3.18. The smallest absolute Gasteiger partial charge is 0.268 e. The van der Waals surface area contributed by atoms with Crippen LogP contribution in [0.25, 0.3) is 21.7 Å². The van der Waals surface area contributed by atoms with Gasteiger partial charge in [0.05, 0.1) is 22.5 Å². The normalized spacial score (nSPS) is 15.6. The van der Waals surface area contributed by atoms with Gasteiger partial charge in [-0.3, -0.25) is 4.79 Å². The minimum atomic E-state index is 0.0141. The quantitative estimate of drug-likeness (QED) is 0.269. The Morgan fingerprint density at radius 3 is 2.60 bits per heavy atom. The molecule has 5 aromatic rings. The first kappa shape index (κ1) is 22.5. The minimum Gasteiger partial charge on any atom is -0.326 e. The average Bonchev–Trinajstić information content (AvgIpc) is 3.47. The monoisotopic (exact) mass is 502 g/mol. The van der Waals surface area contributed by atoms with Gasteiger partial charge in [-0.2, -0.15) is 0 Å². The topological polar surface area (TPSA) is 56.6 Å². The lowest BCUT2D eigenvalue weighted by Gasteiger charge is -2.23. The number of benzene rings is 2. The van der Waals surface area contributed by atoms with Gasteiger partial charge in [-0.1, -0.05) is 73.6 Å². The number of rotatable bonds is 7. The molecule has 2 aromatic carbocycles. The maximum atomic E-state index is 14.0. The Kier molecular flexibility index (Phi) is 6.18. The molecule has 0 radical (unpaired) electrons. The first-order valence-electron chi connectivity index (χ1n) is 12.2. The van der Waals surface area contributed by atoms with Gasteiger partial charge in [0.1, 0.15) is 17.9 Å². The first-order valence-corrected chi connectivity index (χ1v) is 14.0. The van der Waals surface area contributed by atoms with Crippen molar-refractivity contribution in [2.75, 3.05) is 12.3 Å². The van der Waals surface area contributed by atoms with Crippen molar-refractivity contribution in [1.29, 1.82) is 0 Å². The predicted octanol–water partition coefficient (Wildman–Crippen LogP) is 4.13. The molecular weight excluding hydrogens is 474 g/mol. The maximum Gasteiger partial charge on any atom is 0.268 e. The van der Waals surface area contributed by atoms with Gasteiger partial charge < -0.3 is 4.90 Å². The summed E-state index contributed by atoms with van der Waals surface area (Å²) in [5.41, 5.74) is 3.42. The fraction of sp³-hybridized carbons (Fsp3) is 0.296. The highest BCUT2D eigenvalue weighted by Gasteiger charge is 2.29. The minimum absolute atomic E-state index is 0.0141. The third-order valence-electron chi connectivity index (χ3n) is 6.69. The van der Waals surface area contributed by atoms with Crippen LogP contribution in [0.15, 0.2) is 70.6 Å². The van der Waals surface area contributed by atoms with Gasteiger partial charge in [0.2, 0.25) is 5.78 Å². The Balaban J connectivity index is 1.51. The van der Waals surface area contributed by atoms with E-state index >= 15 is 0 Å². The van der Waals surface area contributed by atoms with Crippen LogP contribution < -0.4 is 10.5 Å². The van der Waals surface area contributed by atoms with E-state index < -0.39 is 0 Å². The average molecular weight is 503 g/mol. The SMILES string of the molecule is CCCCSc1nnc2n(-c3ccccc3)c(=O)c3c4c(sc3n12)C[NH+](Cc1ccccc1)CC4. The molecule has 35 heavy (non-hydrogen) atoms. The zero-order valence-corrected chi connectivity index (χ0v) is 21.4. The number of aromatic nitrogens is 4. The van der Waals surface area contributed by atoms with Crippen LogP contribution in [-0.4, -0.2) is 31.5 Å². The van der Waals surface area contributed by atoms with Crippen molar-refractivity contribution < 1.29 is 4.90 Å². The van der Waals surface area contributed by atoms with Gasteiger partial charge >= 0.3 is 0 Å². The highest BCUT2D eigenvalue weighted by Crippen LogP contribution is 2.33. The second kappa shape index (κ2) is 9.60. The molecule has 0 spiro atoms. The second-order valence-corrected chi connectivity index (χ2v) is 11.2. The van der Waals surface area contributed by atoms with Crippen LogP contribution in [-0.2, 0) is 19.5 Å². The zero-order chi connectivity index (χ0) is 23.8. The molecule has 3 aromatic heterocycles. The summed E-state index contributed by atoms with van der Waals surface area (Å²) in [6.45, 7) is 5.17. The summed E-state index contributed by atoms with van der Waals surface area (Å²) in [5.74, 6) is 1.59. The van der Waals surface area contributed by atoms with Crippen LogP contribution in [0.3, 0.4) is 0 Å². The van der Waals surface area contributed by atoms with Gasteiger partial charge in [-0.15, -0.1) is 21.5 Å². The number of para-hydroxylation sites is 1. The summed E-state index contributed by atoms with van der Waals surface area (Å²) in [6, 6.07) is 20.5. The van der Waals surface area contributed by atoms with Gasteiger partial charge in [0.25, 0.3) is 5.56 Å². The van der Waals surface area contributed by atoms with E-state index in [4.69, 9.17) is 0 Å².